The number of hydrogen-bond donors (Lipinski definition) is 1. The summed E-state index contributed by atoms with van der Waals surface area (Å²) in [6, 6.07) is 15.2. The molecule has 7 nitrogen and oxygen atoms in total. The van der Waals surface area contributed by atoms with Crippen molar-refractivity contribution in [2.75, 3.05) is 14.2 Å². The lowest BCUT2D eigenvalue weighted by atomic mass is 10.1. The van der Waals surface area contributed by atoms with E-state index in [-0.39, 0.29) is 18.5 Å². The van der Waals surface area contributed by atoms with Crippen molar-refractivity contribution in [1.82, 2.24) is 20.3 Å². The van der Waals surface area contributed by atoms with Crippen LogP contribution in [0.5, 0.6) is 11.5 Å². The molecule has 1 atom stereocenters. The predicted octanol–water partition coefficient (Wildman–Crippen LogP) is 2.84. The highest BCUT2D eigenvalue weighted by Crippen LogP contribution is 2.31. The van der Waals surface area contributed by atoms with Crippen molar-refractivity contribution in [3.63, 3.8) is 0 Å². The number of rotatable bonds is 7. The average molecular weight is 366 g/mol. The molecule has 0 saturated heterocycles. The number of hydrogen-bond acceptors (Lipinski definition) is 5. The van der Waals surface area contributed by atoms with Gasteiger partial charge in [-0.1, -0.05) is 35.5 Å². The van der Waals surface area contributed by atoms with Crippen LogP contribution in [0.3, 0.4) is 0 Å². The summed E-state index contributed by atoms with van der Waals surface area (Å²) in [5.41, 5.74) is 2.53. The van der Waals surface area contributed by atoms with Crippen LogP contribution in [0.2, 0.25) is 0 Å². The second-order valence-electron chi connectivity index (χ2n) is 6.07. The van der Waals surface area contributed by atoms with Crippen LogP contribution in [0.4, 0.5) is 0 Å². The minimum atomic E-state index is -0.130. The third kappa shape index (κ3) is 4.44. The third-order valence-corrected chi connectivity index (χ3v) is 4.20. The molecule has 3 aromatic rings. The van der Waals surface area contributed by atoms with Gasteiger partial charge in [0.2, 0.25) is 5.91 Å². The molecule has 1 heterocycles. The summed E-state index contributed by atoms with van der Waals surface area (Å²) >= 11 is 0. The molecule has 0 aliphatic heterocycles. The smallest absolute Gasteiger partial charge is 0.242 e. The van der Waals surface area contributed by atoms with Crippen molar-refractivity contribution in [3.05, 3.63) is 60.3 Å². The van der Waals surface area contributed by atoms with Gasteiger partial charge in [-0.05, 0) is 30.7 Å². The lowest BCUT2D eigenvalue weighted by Gasteiger charge is -2.14. The monoisotopic (exact) mass is 366 g/mol. The molecule has 1 aromatic heterocycles. The Kier molecular flexibility index (Phi) is 5.71. The van der Waals surface area contributed by atoms with Gasteiger partial charge >= 0.3 is 0 Å². The van der Waals surface area contributed by atoms with Gasteiger partial charge in [-0.2, -0.15) is 0 Å². The van der Waals surface area contributed by atoms with Crippen molar-refractivity contribution in [1.29, 1.82) is 0 Å². The highest BCUT2D eigenvalue weighted by molar-refractivity contribution is 5.76. The Morgan fingerprint density at radius 2 is 1.85 bits per heavy atom. The maximum absolute atomic E-state index is 12.3. The van der Waals surface area contributed by atoms with Crippen molar-refractivity contribution in [2.24, 2.45) is 0 Å². The topological polar surface area (TPSA) is 78.3 Å². The summed E-state index contributed by atoms with van der Waals surface area (Å²) < 4.78 is 12.1. The molecule has 0 spiro atoms. The van der Waals surface area contributed by atoms with Crippen LogP contribution in [0, 0.1) is 0 Å². The fourth-order valence-electron chi connectivity index (χ4n) is 2.76. The Morgan fingerprint density at radius 3 is 2.56 bits per heavy atom. The molecule has 0 aliphatic carbocycles. The number of ether oxygens (including phenoxy) is 2. The highest BCUT2D eigenvalue weighted by atomic mass is 16.5. The second kappa shape index (κ2) is 8.35. The molecule has 0 saturated carbocycles. The van der Waals surface area contributed by atoms with Crippen LogP contribution in [0.25, 0.3) is 11.3 Å². The number of carbonyl (C=O) groups excluding carboxylic acids is 1. The Hall–Kier alpha value is -3.35. The van der Waals surface area contributed by atoms with E-state index < -0.39 is 0 Å². The first-order valence-corrected chi connectivity index (χ1v) is 8.57. The first-order valence-electron chi connectivity index (χ1n) is 8.57. The van der Waals surface area contributed by atoms with E-state index in [0.717, 1.165) is 11.1 Å². The minimum absolute atomic E-state index is 0.0764. The summed E-state index contributed by atoms with van der Waals surface area (Å²) in [5.74, 6) is 1.12. The van der Waals surface area contributed by atoms with Gasteiger partial charge in [-0.25, -0.2) is 4.68 Å². The zero-order chi connectivity index (χ0) is 19.2. The fraction of sp³-hybridized carbons (Fsp3) is 0.250. The molecule has 7 heteroatoms. The van der Waals surface area contributed by atoms with Crippen LogP contribution < -0.4 is 14.8 Å². The lowest BCUT2D eigenvalue weighted by molar-refractivity contribution is -0.122. The first-order chi connectivity index (χ1) is 13.1. The molecule has 27 heavy (non-hydrogen) atoms. The molecule has 2 aromatic carbocycles. The summed E-state index contributed by atoms with van der Waals surface area (Å²) in [6.07, 6.45) is 1.73. The number of nitrogens with zero attached hydrogens (tertiary/aromatic N) is 3. The number of aromatic nitrogens is 3. The summed E-state index contributed by atoms with van der Waals surface area (Å²) in [4.78, 5) is 12.3. The molecule has 0 unspecified atom stereocenters. The molecule has 3 rings (SSSR count). The SMILES string of the molecule is COc1ccc(-c2cn(CC(=O)N[C@H](C)c3ccccc3)nn2)cc1OC. The van der Waals surface area contributed by atoms with E-state index in [1.807, 2.05) is 49.4 Å². The third-order valence-electron chi connectivity index (χ3n) is 4.20. The zero-order valence-corrected chi connectivity index (χ0v) is 15.5. The molecule has 1 amide bonds. The normalized spacial score (nSPS) is 11.7. The van der Waals surface area contributed by atoms with Crippen molar-refractivity contribution >= 4 is 5.91 Å². The van der Waals surface area contributed by atoms with Crippen molar-refractivity contribution in [3.8, 4) is 22.8 Å². The van der Waals surface area contributed by atoms with Crippen LogP contribution in [-0.4, -0.2) is 35.1 Å². The van der Waals surface area contributed by atoms with Gasteiger partial charge in [-0.3, -0.25) is 4.79 Å². The predicted molar refractivity (Wildman–Crippen MR) is 102 cm³/mol. The van der Waals surface area contributed by atoms with Crippen LogP contribution in [0.1, 0.15) is 18.5 Å². The van der Waals surface area contributed by atoms with Crippen LogP contribution in [0.15, 0.2) is 54.7 Å². The van der Waals surface area contributed by atoms with Gasteiger partial charge in [0.15, 0.2) is 11.5 Å². The van der Waals surface area contributed by atoms with Crippen molar-refractivity contribution in [2.45, 2.75) is 19.5 Å². The molecule has 0 radical (unpaired) electrons. The Morgan fingerprint density at radius 1 is 1.11 bits per heavy atom. The summed E-state index contributed by atoms with van der Waals surface area (Å²) in [7, 11) is 3.17. The molecule has 0 bridgehead atoms. The first kappa shape index (κ1) is 18.4. The van der Waals surface area contributed by atoms with Crippen LogP contribution >= 0.6 is 0 Å². The van der Waals surface area contributed by atoms with E-state index in [2.05, 4.69) is 15.6 Å². The minimum Gasteiger partial charge on any atom is -0.493 e. The molecular weight excluding hydrogens is 344 g/mol. The van der Waals surface area contributed by atoms with Gasteiger partial charge in [0.05, 0.1) is 26.5 Å². The lowest BCUT2D eigenvalue weighted by Crippen LogP contribution is -2.30. The molecule has 0 aliphatic rings. The number of methoxy groups -OCH3 is 2. The largest absolute Gasteiger partial charge is 0.493 e. The Bertz CT molecular complexity index is 909. The van der Waals surface area contributed by atoms with Gasteiger partial charge in [0.1, 0.15) is 12.2 Å². The standard InChI is InChI=1S/C20H22N4O3/c1-14(15-7-5-4-6-8-15)21-20(25)13-24-12-17(22-23-24)16-9-10-18(26-2)19(11-16)27-3/h4-12,14H,13H2,1-3H3,(H,21,25)/t14-/m1/s1. The zero-order valence-electron chi connectivity index (χ0n) is 15.5. The fourth-order valence-corrected chi connectivity index (χ4v) is 2.76. The number of amides is 1. The number of benzene rings is 2. The Labute approximate surface area is 157 Å². The number of carbonyl (C=O) groups is 1. The van der Waals surface area contributed by atoms with Crippen LogP contribution in [-0.2, 0) is 11.3 Å². The summed E-state index contributed by atoms with van der Waals surface area (Å²) in [5, 5.41) is 11.2. The van der Waals surface area contributed by atoms with E-state index in [1.165, 1.54) is 4.68 Å². The molecule has 140 valence electrons. The maximum Gasteiger partial charge on any atom is 0.242 e. The van der Waals surface area contributed by atoms with E-state index >= 15 is 0 Å². The highest BCUT2D eigenvalue weighted by Gasteiger charge is 2.13. The van der Waals surface area contributed by atoms with Gasteiger partial charge < -0.3 is 14.8 Å². The maximum atomic E-state index is 12.3. The molecular formula is C20H22N4O3. The Balaban J connectivity index is 1.66. The second-order valence-corrected chi connectivity index (χ2v) is 6.07. The quantitative estimate of drug-likeness (QED) is 0.696. The summed E-state index contributed by atoms with van der Waals surface area (Å²) in [6.45, 7) is 2.04. The molecule has 1 N–H and O–H groups in total. The van der Waals surface area contributed by atoms with Gasteiger partial charge in [-0.15, -0.1) is 5.10 Å². The number of nitrogens with one attached hydrogen (secondary N) is 1. The van der Waals surface area contributed by atoms with E-state index in [1.54, 1.807) is 26.5 Å². The average Bonchev–Trinajstić information content (AvgIpc) is 3.16. The van der Waals surface area contributed by atoms with E-state index in [0.29, 0.717) is 17.2 Å². The van der Waals surface area contributed by atoms with Gasteiger partial charge in [0, 0.05) is 5.56 Å². The van der Waals surface area contributed by atoms with E-state index in [9.17, 15) is 4.79 Å². The van der Waals surface area contributed by atoms with Crippen molar-refractivity contribution < 1.29 is 14.3 Å². The molecule has 0 fully saturated rings. The van der Waals surface area contributed by atoms with Gasteiger partial charge in [0.25, 0.3) is 0 Å². The van der Waals surface area contributed by atoms with E-state index in [4.69, 9.17) is 9.47 Å².